The van der Waals surface area contributed by atoms with Crippen LogP contribution < -0.4 is 5.32 Å². The highest BCUT2D eigenvalue weighted by molar-refractivity contribution is 5.66. The number of rotatable bonds is 2. The molecule has 0 fully saturated rings. The first-order valence-electron chi connectivity index (χ1n) is 3.08. The van der Waals surface area contributed by atoms with Gasteiger partial charge in [-0.3, -0.25) is 0 Å². The zero-order valence-electron chi connectivity index (χ0n) is 6.31. The largest absolute Gasteiger partial charge is 0.316 e. The highest BCUT2D eigenvalue weighted by Crippen LogP contribution is 1.87. The Balaban J connectivity index is 3.50. The van der Waals surface area contributed by atoms with E-state index in [-0.39, 0.29) is 5.54 Å². The Morgan fingerprint density at radius 3 is 2.22 bits per heavy atom. The Labute approximate surface area is 56.5 Å². The SMILES string of the molecule is CC(C)(C)[NH2+]/C=C\C=N. The first-order chi connectivity index (χ1) is 4.06. The van der Waals surface area contributed by atoms with Crippen molar-refractivity contribution in [2.24, 2.45) is 0 Å². The number of hydrogen-bond donors (Lipinski definition) is 2. The first kappa shape index (κ1) is 8.37. The zero-order chi connectivity index (χ0) is 7.33. The maximum Gasteiger partial charge on any atom is 0.0944 e. The summed E-state index contributed by atoms with van der Waals surface area (Å²) in [5, 5.41) is 8.75. The van der Waals surface area contributed by atoms with Crippen LogP contribution in [-0.4, -0.2) is 11.8 Å². The lowest BCUT2D eigenvalue weighted by Crippen LogP contribution is -2.89. The standard InChI is InChI=1S/C7H14N2/c1-7(2,3)9-6-4-5-8/h4-6,8-9H,1-3H3/p+1/b6-4-,8-5?. The third-order valence-electron chi connectivity index (χ3n) is 0.804. The van der Waals surface area contributed by atoms with Crippen molar-refractivity contribution < 1.29 is 5.32 Å². The molecule has 0 bridgehead atoms. The fourth-order valence-corrected chi connectivity index (χ4v) is 0.400. The van der Waals surface area contributed by atoms with Crippen molar-refractivity contribution in [2.45, 2.75) is 26.3 Å². The third-order valence-corrected chi connectivity index (χ3v) is 0.804. The lowest BCUT2D eigenvalue weighted by atomic mass is 10.1. The van der Waals surface area contributed by atoms with Crippen LogP contribution in [0.3, 0.4) is 0 Å². The van der Waals surface area contributed by atoms with Gasteiger partial charge in [-0.15, -0.1) is 0 Å². The summed E-state index contributed by atoms with van der Waals surface area (Å²) < 4.78 is 0. The van der Waals surface area contributed by atoms with Gasteiger partial charge >= 0.3 is 0 Å². The monoisotopic (exact) mass is 127 g/mol. The predicted octanol–water partition coefficient (Wildman–Crippen LogP) is 0.512. The molecule has 2 heteroatoms. The second kappa shape index (κ2) is 3.41. The summed E-state index contributed by atoms with van der Waals surface area (Å²) >= 11 is 0. The molecule has 0 aromatic carbocycles. The average molecular weight is 127 g/mol. The van der Waals surface area contributed by atoms with E-state index in [0.717, 1.165) is 0 Å². The lowest BCUT2D eigenvalue weighted by molar-refractivity contribution is -0.656. The molecule has 0 aromatic heterocycles. The predicted molar refractivity (Wildman–Crippen MR) is 39.6 cm³/mol. The maximum atomic E-state index is 6.68. The molecule has 3 N–H and O–H groups in total. The minimum Gasteiger partial charge on any atom is -0.316 e. The van der Waals surface area contributed by atoms with Gasteiger partial charge in [0.15, 0.2) is 0 Å². The molecule has 0 unspecified atom stereocenters. The minimum atomic E-state index is 0.236. The molecule has 0 amide bonds. The molecule has 0 saturated carbocycles. The summed E-state index contributed by atoms with van der Waals surface area (Å²) in [6.45, 7) is 6.38. The Kier molecular flexibility index (Phi) is 3.17. The molecule has 0 atom stereocenters. The van der Waals surface area contributed by atoms with E-state index < -0.39 is 0 Å². The van der Waals surface area contributed by atoms with E-state index in [1.165, 1.54) is 6.21 Å². The van der Waals surface area contributed by atoms with Gasteiger partial charge in [0.25, 0.3) is 0 Å². The zero-order valence-corrected chi connectivity index (χ0v) is 6.31. The molecule has 0 aromatic rings. The fourth-order valence-electron chi connectivity index (χ4n) is 0.400. The Morgan fingerprint density at radius 2 is 1.89 bits per heavy atom. The van der Waals surface area contributed by atoms with Gasteiger partial charge in [0.2, 0.25) is 0 Å². The van der Waals surface area contributed by atoms with Crippen LogP contribution in [0.1, 0.15) is 20.8 Å². The molecule has 0 saturated heterocycles. The van der Waals surface area contributed by atoms with E-state index in [0.29, 0.717) is 0 Å². The normalized spacial score (nSPS) is 12.3. The van der Waals surface area contributed by atoms with Gasteiger partial charge in [0, 0.05) is 12.3 Å². The Hall–Kier alpha value is -0.630. The molecule has 2 nitrogen and oxygen atoms in total. The Morgan fingerprint density at radius 1 is 1.33 bits per heavy atom. The number of quaternary nitrogens is 1. The van der Waals surface area contributed by atoms with E-state index in [1.807, 2.05) is 6.20 Å². The molecule has 52 valence electrons. The van der Waals surface area contributed by atoms with Crippen molar-refractivity contribution in [1.29, 1.82) is 5.41 Å². The van der Waals surface area contributed by atoms with E-state index in [2.05, 4.69) is 26.1 Å². The molecule has 0 heterocycles. The molecular weight excluding hydrogens is 112 g/mol. The number of hydrogen-bond acceptors (Lipinski definition) is 1. The highest BCUT2D eigenvalue weighted by Gasteiger charge is 2.09. The van der Waals surface area contributed by atoms with Crippen molar-refractivity contribution in [3.63, 3.8) is 0 Å². The summed E-state index contributed by atoms with van der Waals surface area (Å²) in [5.74, 6) is 0. The molecule has 0 spiro atoms. The van der Waals surface area contributed by atoms with Gasteiger partial charge in [0.05, 0.1) is 11.7 Å². The van der Waals surface area contributed by atoms with Crippen LogP contribution >= 0.6 is 0 Å². The van der Waals surface area contributed by atoms with Gasteiger partial charge in [0.1, 0.15) is 0 Å². The van der Waals surface area contributed by atoms with Crippen LogP contribution in [-0.2, 0) is 0 Å². The van der Waals surface area contributed by atoms with Crippen LogP contribution in [0.5, 0.6) is 0 Å². The highest BCUT2D eigenvalue weighted by atomic mass is 14.9. The summed E-state index contributed by atoms with van der Waals surface area (Å²) in [6, 6.07) is 0. The minimum absolute atomic E-state index is 0.236. The maximum absolute atomic E-state index is 6.68. The number of nitrogens with two attached hydrogens (primary N) is 1. The molecule has 0 aliphatic rings. The van der Waals surface area contributed by atoms with Crippen LogP contribution in [0.4, 0.5) is 0 Å². The van der Waals surface area contributed by atoms with Gasteiger partial charge in [-0.2, -0.15) is 0 Å². The molecule has 0 radical (unpaired) electrons. The second-order valence-electron chi connectivity index (χ2n) is 3.08. The van der Waals surface area contributed by atoms with Crippen LogP contribution in [0.15, 0.2) is 12.3 Å². The van der Waals surface area contributed by atoms with E-state index in [9.17, 15) is 0 Å². The van der Waals surface area contributed by atoms with Gasteiger partial charge in [-0.05, 0) is 20.8 Å². The van der Waals surface area contributed by atoms with Gasteiger partial charge in [-0.25, -0.2) is 0 Å². The first-order valence-corrected chi connectivity index (χ1v) is 3.08. The van der Waals surface area contributed by atoms with Crippen molar-refractivity contribution in [2.75, 3.05) is 0 Å². The smallest absolute Gasteiger partial charge is 0.0944 e. The molecular formula is C7H15N2+. The number of allylic oxidation sites excluding steroid dienone is 1. The van der Waals surface area contributed by atoms with Crippen LogP contribution in [0.25, 0.3) is 0 Å². The van der Waals surface area contributed by atoms with E-state index >= 15 is 0 Å². The van der Waals surface area contributed by atoms with Gasteiger partial charge in [-0.1, -0.05) is 0 Å². The summed E-state index contributed by atoms with van der Waals surface area (Å²) in [6.07, 6.45) is 4.89. The quantitative estimate of drug-likeness (QED) is 0.507. The van der Waals surface area contributed by atoms with Crippen molar-refractivity contribution in [3.05, 3.63) is 12.3 Å². The Bertz CT molecular complexity index is 109. The van der Waals surface area contributed by atoms with E-state index in [1.54, 1.807) is 6.08 Å². The van der Waals surface area contributed by atoms with Crippen LogP contribution in [0, 0.1) is 5.41 Å². The summed E-state index contributed by atoms with van der Waals surface area (Å²) in [5.41, 5.74) is 0.236. The summed E-state index contributed by atoms with van der Waals surface area (Å²) in [4.78, 5) is 0. The molecule has 9 heavy (non-hydrogen) atoms. The van der Waals surface area contributed by atoms with Crippen molar-refractivity contribution in [1.82, 2.24) is 0 Å². The number of nitrogens with one attached hydrogen (secondary N) is 1. The molecule has 0 rings (SSSR count). The van der Waals surface area contributed by atoms with E-state index in [4.69, 9.17) is 5.41 Å². The van der Waals surface area contributed by atoms with Crippen molar-refractivity contribution >= 4 is 6.21 Å². The van der Waals surface area contributed by atoms with Crippen molar-refractivity contribution in [3.8, 4) is 0 Å². The molecule has 0 aliphatic carbocycles. The summed E-state index contributed by atoms with van der Waals surface area (Å²) in [7, 11) is 0. The second-order valence-corrected chi connectivity index (χ2v) is 3.08. The third kappa shape index (κ3) is 7.37. The lowest BCUT2D eigenvalue weighted by Gasteiger charge is -2.12. The van der Waals surface area contributed by atoms with Gasteiger partial charge < -0.3 is 10.7 Å². The van der Waals surface area contributed by atoms with Crippen LogP contribution in [0.2, 0.25) is 0 Å². The fraction of sp³-hybridized carbons (Fsp3) is 0.571. The topological polar surface area (TPSA) is 40.5 Å². The average Bonchev–Trinajstić information content (AvgIpc) is 1.63. The molecule has 0 aliphatic heterocycles.